The van der Waals surface area contributed by atoms with E-state index in [0.29, 0.717) is 0 Å². The van der Waals surface area contributed by atoms with Gasteiger partial charge in [0.15, 0.2) is 23.2 Å². The molecule has 0 bridgehead atoms. The number of rotatable bonds is 6. The van der Waals surface area contributed by atoms with Gasteiger partial charge in [-0.05, 0) is 12.1 Å². The number of carboxylic acid groups (broad SMARTS) is 1. The molecule has 4 rings (SSSR count). The summed E-state index contributed by atoms with van der Waals surface area (Å²) in [7, 11) is 0.835. The smallest absolute Gasteiger partial charge is 0.309 e. The predicted octanol–water partition coefficient (Wildman–Crippen LogP) is 2.81. The van der Waals surface area contributed by atoms with Gasteiger partial charge in [0.1, 0.15) is 6.54 Å². The highest BCUT2D eigenvalue weighted by atomic mass is 19.2. The molecule has 0 unspecified atom stereocenters. The SMILES string of the molecule is COc1c(F)c(F)c(Cn2c3c(c4c(C(N)=O)cccc42)C(=O)CN=C3CC(=O)O)c(F)c1F. The van der Waals surface area contributed by atoms with E-state index in [1.54, 1.807) is 0 Å². The lowest BCUT2D eigenvalue weighted by Crippen LogP contribution is -2.24. The van der Waals surface area contributed by atoms with E-state index >= 15 is 0 Å². The molecule has 2 heterocycles. The average molecular weight is 477 g/mol. The molecule has 0 saturated carbocycles. The second-order valence-electron chi connectivity index (χ2n) is 7.40. The van der Waals surface area contributed by atoms with Crippen LogP contribution in [-0.2, 0) is 11.3 Å². The number of carbonyl (C=O) groups excluding carboxylic acids is 2. The summed E-state index contributed by atoms with van der Waals surface area (Å²) in [5.41, 5.74) is 3.96. The van der Waals surface area contributed by atoms with E-state index in [4.69, 9.17) is 5.73 Å². The minimum Gasteiger partial charge on any atom is -0.491 e. The maximum atomic E-state index is 14.8. The van der Waals surface area contributed by atoms with Crippen LogP contribution in [0.15, 0.2) is 23.2 Å². The van der Waals surface area contributed by atoms with E-state index in [0.717, 1.165) is 11.7 Å². The summed E-state index contributed by atoms with van der Waals surface area (Å²) in [6.45, 7) is -1.30. The first-order valence-electron chi connectivity index (χ1n) is 9.70. The number of ether oxygens (including phenoxy) is 1. The molecule has 0 fully saturated rings. The Morgan fingerprint density at radius 3 is 2.35 bits per heavy atom. The molecule has 3 aromatic rings. The Labute approximate surface area is 188 Å². The van der Waals surface area contributed by atoms with Gasteiger partial charge in [0.25, 0.3) is 0 Å². The second-order valence-corrected chi connectivity index (χ2v) is 7.40. The molecule has 0 saturated heterocycles. The third kappa shape index (κ3) is 3.38. The fraction of sp³-hybridized carbons (Fsp3) is 0.182. The highest BCUT2D eigenvalue weighted by Crippen LogP contribution is 2.36. The van der Waals surface area contributed by atoms with Crippen molar-refractivity contribution in [3.05, 3.63) is 63.9 Å². The third-order valence-electron chi connectivity index (χ3n) is 5.47. The number of aromatic nitrogens is 1. The van der Waals surface area contributed by atoms with Crippen molar-refractivity contribution in [2.45, 2.75) is 13.0 Å². The van der Waals surface area contributed by atoms with Crippen LogP contribution in [0.2, 0.25) is 0 Å². The lowest BCUT2D eigenvalue weighted by atomic mass is 9.96. The molecule has 12 heteroatoms. The van der Waals surface area contributed by atoms with Gasteiger partial charge >= 0.3 is 5.97 Å². The fourth-order valence-electron chi connectivity index (χ4n) is 4.08. The standard InChI is InChI=1S/C22H15F4N3O5/c1-34-21-18(25)16(23)9(17(24)19(21)26)7-29-11-4-2-3-8(22(27)33)14(11)15-12(30)6-28-10(20(15)29)5-13(31)32/h2-4H,5-7H2,1H3,(H2,27,33)(H,31,32). The van der Waals surface area contributed by atoms with E-state index in [2.05, 4.69) is 9.73 Å². The molecule has 1 amide bonds. The first-order valence-corrected chi connectivity index (χ1v) is 9.70. The van der Waals surface area contributed by atoms with Crippen LogP contribution in [0.5, 0.6) is 5.75 Å². The van der Waals surface area contributed by atoms with Gasteiger partial charge in [0.05, 0.1) is 42.6 Å². The molecule has 8 nitrogen and oxygen atoms in total. The van der Waals surface area contributed by atoms with E-state index in [1.165, 1.54) is 18.2 Å². The molecule has 1 aliphatic heterocycles. The van der Waals surface area contributed by atoms with Crippen LogP contribution in [-0.4, -0.2) is 46.7 Å². The van der Waals surface area contributed by atoms with Gasteiger partial charge in [-0.1, -0.05) is 6.07 Å². The van der Waals surface area contributed by atoms with E-state index in [9.17, 15) is 37.1 Å². The van der Waals surface area contributed by atoms with Gasteiger partial charge in [-0.2, -0.15) is 8.78 Å². The van der Waals surface area contributed by atoms with Gasteiger partial charge in [0, 0.05) is 16.5 Å². The highest BCUT2D eigenvalue weighted by molar-refractivity contribution is 6.26. The zero-order valence-corrected chi connectivity index (χ0v) is 17.4. The Morgan fingerprint density at radius 2 is 1.79 bits per heavy atom. The number of aliphatic imine (C=N–C) groups is 1. The number of primary amides is 1. The van der Waals surface area contributed by atoms with Gasteiger partial charge < -0.3 is 20.1 Å². The molecule has 0 spiro atoms. The lowest BCUT2D eigenvalue weighted by molar-refractivity contribution is -0.135. The lowest BCUT2D eigenvalue weighted by Gasteiger charge is -2.18. The van der Waals surface area contributed by atoms with Crippen molar-refractivity contribution < 1.29 is 41.8 Å². The van der Waals surface area contributed by atoms with Gasteiger partial charge in [0.2, 0.25) is 17.5 Å². The van der Waals surface area contributed by atoms with Crippen LogP contribution in [0.4, 0.5) is 17.6 Å². The van der Waals surface area contributed by atoms with Crippen molar-refractivity contribution in [2.75, 3.05) is 13.7 Å². The predicted molar refractivity (Wildman–Crippen MR) is 110 cm³/mol. The summed E-state index contributed by atoms with van der Waals surface area (Å²) in [5.74, 6) is -11.1. The summed E-state index contributed by atoms with van der Waals surface area (Å²) < 4.78 is 63.7. The molecule has 0 aliphatic carbocycles. The molecule has 0 atom stereocenters. The molecule has 0 radical (unpaired) electrons. The summed E-state index contributed by atoms with van der Waals surface area (Å²) in [6.07, 6.45) is -0.668. The number of nitrogens with zero attached hydrogens (tertiary/aromatic N) is 2. The molecule has 1 aromatic heterocycles. The number of nitrogens with two attached hydrogens (primary N) is 1. The van der Waals surface area contributed by atoms with Crippen molar-refractivity contribution in [2.24, 2.45) is 10.7 Å². The van der Waals surface area contributed by atoms with E-state index in [-0.39, 0.29) is 33.4 Å². The van der Waals surface area contributed by atoms with Gasteiger partial charge in [-0.25, -0.2) is 8.78 Å². The number of benzene rings is 2. The third-order valence-corrected chi connectivity index (χ3v) is 5.47. The van der Waals surface area contributed by atoms with Crippen molar-refractivity contribution in [3.8, 4) is 5.75 Å². The Kier molecular flexibility index (Phi) is 5.59. The highest BCUT2D eigenvalue weighted by Gasteiger charge is 2.34. The number of carboxylic acids is 1. The van der Waals surface area contributed by atoms with E-state index < -0.39 is 71.8 Å². The van der Waals surface area contributed by atoms with Crippen LogP contribution >= 0.6 is 0 Å². The molecular formula is C22H15F4N3O5. The Hall–Kier alpha value is -4.22. The van der Waals surface area contributed by atoms with Crippen molar-refractivity contribution in [1.82, 2.24) is 4.57 Å². The van der Waals surface area contributed by atoms with Gasteiger partial charge in [-0.3, -0.25) is 19.4 Å². The summed E-state index contributed by atoms with van der Waals surface area (Å²) in [6, 6.07) is 4.08. The van der Waals surface area contributed by atoms with Crippen LogP contribution < -0.4 is 10.5 Å². The number of Topliss-reactive ketones (excluding diaryl/α,β-unsaturated/α-hetero) is 1. The average Bonchev–Trinajstić information content (AvgIpc) is 3.12. The van der Waals surface area contributed by atoms with Crippen molar-refractivity contribution in [3.63, 3.8) is 0 Å². The topological polar surface area (TPSA) is 124 Å². The largest absolute Gasteiger partial charge is 0.491 e. The van der Waals surface area contributed by atoms with Crippen molar-refractivity contribution >= 4 is 34.3 Å². The Bertz CT molecular complexity index is 1420. The number of fused-ring (bicyclic) bond motifs is 3. The summed E-state index contributed by atoms with van der Waals surface area (Å²) >= 11 is 0. The molecule has 2 aromatic carbocycles. The Balaban J connectivity index is 2.08. The molecule has 3 N–H and O–H groups in total. The summed E-state index contributed by atoms with van der Waals surface area (Å²) in [4.78, 5) is 40.2. The normalized spacial score (nSPS) is 13.1. The van der Waals surface area contributed by atoms with Crippen LogP contribution in [0, 0.1) is 23.3 Å². The van der Waals surface area contributed by atoms with Crippen LogP contribution in [0.3, 0.4) is 0 Å². The number of carbonyl (C=O) groups is 3. The second kappa shape index (κ2) is 8.28. The maximum absolute atomic E-state index is 14.8. The van der Waals surface area contributed by atoms with Crippen LogP contribution in [0.1, 0.15) is 38.4 Å². The van der Waals surface area contributed by atoms with Crippen molar-refractivity contribution in [1.29, 1.82) is 0 Å². The number of hydrogen-bond acceptors (Lipinski definition) is 5. The van der Waals surface area contributed by atoms with E-state index in [1.807, 2.05) is 0 Å². The molecule has 176 valence electrons. The first kappa shape index (κ1) is 23.0. The zero-order chi connectivity index (χ0) is 24.9. The minimum absolute atomic E-state index is 0.0167. The number of aliphatic carboxylic acids is 1. The Morgan fingerprint density at radius 1 is 1.15 bits per heavy atom. The molecular weight excluding hydrogens is 462 g/mol. The van der Waals surface area contributed by atoms with Crippen LogP contribution in [0.25, 0.3) is 10.9 Å². The minimum atomic E-state index is -1.77. The number of halogens is 4. The maximum Gasteiger partial charge on any atom is 0.309 e. The number of methoxy groups -OCH3 is 1. The van der Waals surface area contributed by atoms with Gasteiger partial charge in [-0.15, -0.1) is 0 Å². The molecule has 1 aliphatic rings. The zero-order valence-electron chi connectivity index (χ0n) is 17.4. The number of amides is 1. The monoisotopic (exact) mass is 477 g/mol. The number of ketones is 1. The quantitative estimate of drug-likeness (QED) is 0.417. The first-order chi connectivity index (χ1) is 16.1. The fourth-order valence-corrected chi connectivity index (χ4v) is 4.08. The molecule has 34 heavy (non-hydrogen) atoms. The number of hydrogen-bond donors (Lipinski definition) is 2. The summed E-state index contributed by atoms with van der Waals surface area (Å²) in [5, 5.41) is 9.31.